The van der Waals surface area contributed by atoms with Crippen molar-refractivity contribution in [2.75, 3.05) is 42.5 Å². The van der Waals surface area contributed by atoms with Gasteiger partial charge in [0.25, 0.3) is 11.8 Å². The zero-order valence-corrected chi connectivity index (χ0v) is 17.6. The number of halogens is 1. The number of hydrogen-bond acceptors (Lipinski definition) is 6. The Morgan fingerprint density at radius 3 is 2.27 bits per heavy atom. The number of morpholine rings is 1. The van der Waals surface area contributed by atoms with Crippen molar-refractivity contribution in [3.05, 3.63) is 59.4 Å². The summed E-state index contributed by atoms with van der Waals surface area (Å²) in [5, 5.41) is 0. The largest absolute Gasteiger partial charge is 0.441 e. The quantitative estimate of drug-likeness (QED) is 0.652. The third-order valence-corrected chi connectivity index (χ3v) is 5.87. The highest BCUT2D eigenvalue weighted by Crippen LogP contribution is 2.36. The number of hydrogen-bond donors (Lipinski definition) is 0. The molecule has 0 N–H and O–H groups in total. The van der Waals surface area contributed by atoms with Gasteiger partial charge in [-0.1, -0.05) is 12.1 Å². The van der Waals surface area contributed by atoms with Crippen molar-refractivity contribution < 1.29 is 39.2 Å². The number of anilines is 2. The third kappa shape index (κ3) is 3.43. The van der Waals surface area contributed by atoms with Crippen LogP contribution < -0.4 is 9.80 Å². The van der Waals surface area contributed by atoms with Gasteiger partial charge >= 0.3 is 6.09 Å². The number of carbonyl (C=O) groups excluding carboxylic acids is 3. The van der Waals surface area contributed by atoms with Crippen molar-refractivity contribution >= 4 is 29.3 Å². The van der Waals surface area contributed by atoms with Crippen molar-refractivity contribution in [1.82, 2.24) is 4.90 Å². The normalized spacial score (nSPS) is 30.7. The fraction of sp³-hybridized carbons (Fsp3) is 0.375. The van der Waals surface area contributed by atoms with Crippen LogP contribution in [-0.4, -0.2) is 67.1 Å². The molecule has 0 aromatic heterocycles. The van der Waals surface area contributed by atoms with E-state index in [9.17, 15) is 14.4 Å². The van der Waals surface area contributed by atoms with Gasteiger partial charge in [0.15, 0.2) is 0 Å². The molecule has 2 aromatic rings. The average molecular weight is 462 g/mol. The molecule has 3 heterocycles. The summed E-state index contributed by atoms with van der Waals surface area (Å²) in [5.41, 5.74) is -1.83. The van der Waals surface area contributed by atoms with E-state index < -0.39 is 67.2 Å². The molecule has 0 aliphatic carbocycles. The first-order chi connectivity index (χ1) is 18.8. The smallest absolute Gasteiger partial charge is 0.414 e. The van der Waals surface area contributed by atoms with E-state index in [1.807, 2.05) is 0 Å². The summed E-state index contributed by atoms with van der Waals surface area (Å²) in [6, 6.07) is 9.04. The van der Waals surface area contributed by atoms with Gasteiger partial charge in [0.2, 0.25) is 0 Å². The molecule has 2 saturated heterocycles. The van der Waals surface area contributed by atoms with Gasteiger partial charge in [-0.15, -0.1) is 0 Å². The van der Waals surface area contributed by atoms with Crippen LogP contribution in [0.3, 0.4) is 0 Å². The van der Waals surface area contributed by atoms with Crippen molar-refractivity contribution in [2.24, 2.45) is 0 Å². The van der Waals surface area contributed by atoms with Crippen molar-refractivity contribution in [3.63, 3.8) is 0 Å². The molecule has 0 saturated carbocycles. The van der Waals surface area contributed by atoms with Crippen molar-refractivity contribution in [2.45, 2.75) is 25.5 Å². The highest BCUT2D eigenvalue weighted by molar-refractivity contribution is 6.21. The zero-order valence-electron chi connectivity index (χ0n) is 25.6. The molecular formula is C24H24FN3O5. The lowest BCUT2D eigenvalue weighted by atomic mass is 9.94. The van der Waals surface area contributed by atoms with Crippen LogP contribution in [0.4, 0.5) is 20.6 Å². The van der Waals surface area contributed by atoms with Gasteiger partial charge in [0, 0.05) is 13.0 Å². The monoisotopic (exact) mass is 461 g/mol. The molecule has 1 atom stereocenters. The SMILES string of the molecule is [2H]C1([2H])OC([2H])([2H])C([2H])([2H])N(c2ccc(N3C[C@H](C(C)(C)N4C(=O)c5ccccc5C4=O)OC3=O)cc2F)C1([2H])[2H]. The van der Waals surface area contributed by atoms with Gasteiger partial charge in [0.1, 0.15) is 11.9 Å². The van der Waals surface area contributed by atoms with Gasteiger partial charge in [-0.05, 0) is 44.2 Å². The summed E-state index contributed by atoms with van der Waals surface area (Å²) in [4.78, 5) is 41.0. The first-order valence-electron chi connectivity index (χ1n) is 14.0. The number of fused-ring (bicyclic) bond motifs is 1. The van der Waals surface area contributed by atoms with E-state index in [0.717, 1.165) is 28.0 Å². The first-order valence-corrected chi connectivity index (χ1v) is 10.0. The second-order valence-electron chi connectivity index (χ2n) is 8.13. The molecule has 3 aliphatic rings. The maximum absolute atomic E-state index is 15.5. The van der Waals surface area contributed by atoms with Crippen LogP contribution in [0, 0.1) is 5.82 Å². The summed E-state index contributed by atoms with van der Waals surface area (Å²) < 4.78 is 89.3. The van der Waals surface area contributed by atoms with Crippen LogP contribution >= 0.6 is 0 Å². The summed E-state index contributed by atoms with van der Waals surface area (Å²) in [6.07, 6.45) is -1.97. The minimum atomic E-state index is -3.38. The van der Waals surface area contributed by atoms with E-state index in [4.69, 9.17) is 15.7 Å². The molecule has 3 amide bonds. The maximum atomic E-state index is 15.5. The van der Waals surface area contributed by atoms with Crippen LogP contribution in [0.5, 0.6) is 0 Å². The van der Waals surface area contributed by atoms with E-state index in [1.165, 1.54) is 12.1 Å². The minimum Gasteiger partial charge on any atom is -0.441 e. The van der Waals surface area contributed by atoms with Crippen LogP contribution in [-0.2, 0) is 9.47 Å². The Hall–Kier alpha value is -3.46. The molecule has 0 spiro atoms. The van der Waals surface area contributed by atoms with Crippen LogP contribution in [0.15, 0.2) is 42.5 Å². The van der Waals surface area contributed by atoms with E-state index in [1.54, 1.807) is 26.0 Å². The summed E-state index contributed by atoms with van der Waals surface area (Å²) >= 11 is 0. The fourth-order valence-corrected chi connectivity index (χ4v) is 4.05. The summed E-state index contributed by atoms with van der Waals surface area (Å²) in [6.45, 7) is -10.6. The molecular weight excluding hydrogens is 429 g/mol. The molecule has 0 radical (unpaired) electrons. The van der Waals surface area contributed by atoms with Crippen molar-refractivity contribution in [1.29, 1.82) is 0 Å². The highest BCUT2D eigenvalue weighted by Gasteiger charge is 2.52. The average Bonchev–Trinajstić information content (AvgIpc) is 3.37. The topological polar surface area (TPSA) is 79.4 Å². The lowest BCUT2D eigenvalue weighted by molar-refractivity contribution is 0.0120. The van der Waals surface area contributed by atoms with Crippen LogP contribution in [0.1, 0.15) is 45.5 Å². The Kier molecular flexibility index (Phi) is 3.31. The molecule has 2 aromatic carbocycles. The Morgan fingerprint density at radius 2 is 1.67 bits per heavy atom. The predicted octanol–water partition coefficient (Wildman–Crippen LogP) is 3.06. The molecule has 0 bridgehead atoms. The van der Waals surface area contributed by atoms with Gasteiger partial charge in [-0.3, -0.25) is 19.4 Å². The third-order valence-electron chi connectivity index (χ3n) is 5.87. The molecule has 8 nitrogen and oxygen atoms in total. The summed E-state index contributed by atoms with van der Waals surface area (Å²) in [7, 11) is 0. The van der Waals surface area contributed by atoms with Crippen molar-refractivity contribution in [3.8, 4) is 0 Å². The Balaban J connectivity index is 1.44. The lowest BCUT2D eigenvalue weighted by Crippen LogP contribution is -2.56. The number of rotatable bonds is 4. The van der Waals surface area contributed by atoms with Gasteiger partial charge < -0.3 is 14.4 Å². The first kappa shape index (κ1) is 13.9. The van der Waals surface area contributed by atoms with E-state index in [2.05, 4.69) is 4.74 Å². The number of benzene rings is 2. The van der Waals surface area contributed by atoms with Gasteiger partial charge in [0.05, 0.1) is 58.7 Å². The molecule has 33 heavy (non-hydrogen) atoms. The van der Waals surface area contributed by atoms with Gasteiger partial charge in [-0.2, -0.15) is 0 Å². The number of nitrogens with zero attached hydrogens (tertiary/aromatic N) is 3. The Morgan fingerprint density at radius 1 is 1.03 bits per heavy atom. The number of imide groups is 1. The van der Waals surface area contributed by atoms with Crippen LogP contribution in [0.25, 0.3) is 0 Å². The Labute approximate surface area is 201 Å². The highest BCUT2D eigenvalue weighted by atomic mass is 19.1. The number of ether oxygens (including phenoxy) is 2. The minimum absolute atomic E-state index is 0.000898. The number of cyclic esters (lactones) is 1. The second-order valence-corrected chi connectivity index (χ2v) is 8.13. The van der Waals surface area contributed by atoms with E-state index in [0.29, 0.717) is 0 Å². The van der Waals surface area contributed by atoms with E-state index >= 15 is 4.39 Å². The number of carbonyl (C=O) groups is 3. The van der Waals surface area contributed by atoms with E-state index in [-0.39, 0.29) is 28.3 Å². The number of amides is 3. The molecule has 172 valence electrons. The second kappa shape index (κ2) is 7.84. The molecule has 2 fully saturated rings. The Bertz CT molecular complexity index is 1430. The van der Waals surface area contributed by atoms with Crippen LogP contribution in [0.2, 0.25) is 0 Å². The molecule has 3 aliphatic heterocycles. The van der Waals surface area contributed by atoms with Gasteiger partial charge in [-0.25, -0.2) is 9.18 Å². The molecule has 9 heteroatoms. The summed E-state index contributed by atoms with van der Waals surface area (Å²) in [5.74, 6) is -2.41. The molecule has 5 rings (SSSR count). The zero-order chi connectivity index (χ0) is 30.5. The maximum Gasteiger partial charge on any atom is 0.414 e. The lowest BCUT2D eigenvalue weighted by Gasteiger charge is -2.37. The fourth-order valence-electron chi connectivity index (χ4n) is 4.05. The standard InChI is InChI=1S/C24H24FN3O5/c1-24(2,28-21(29)16-5-3-4-6-17(16)22(28)30)20-14-27(23(31)33-20)15-7-8-19(18(25)13-15)26-9-11-32-12-10-26/h3-8,13,20H,9-12,14H2,1-2H3/t20-/m1/s1/i9D2,10D2,11D2,12D2. The predicted molar refractivity (Wildman–Crippen MR) is 118 cm³/mol. The molecule has 0 unspecified atom stereocenters.